The zero-order valence-corrected chi connectivity index (χ0v) is 13.1. The van der Waals surface area contributed by atoms with E-state index in [4.69, 9.17) is 17.3 Å². The molecule has 2 atom stereocenters. The molecule has 0 aliphatic carbocycles. The van der Waals surface area contributed by atoms with Crippen molar-refractivity contribution in [1.29, 1.82) is 0 Å². The van der Waals surface area contributed by atoms with E-state index in [2.05, 4.69) is 5.32 Å². The van der Waals surface area contributed by atoms with Crippen LogP contribution in [0.4, 0.5) is 0 Å². The molecule has 0 aromatic heterocycles. The molecule has 3 N–H and O–H groups in total. The maximum absolute atomic E-state index is 11.9. The summed E-state index contributed by atoms with van der Waals surface area (Å²) < 4.78 is 0. The first-order valence-electron chi connectivity index (χ1n) is 6.04. The van der Waals surface area contributed by atoms with Gasteiger partial charge in [0, 0.05) is 28.1 Å². The standard InChI is InChI=1S/C13H17ClN2OS.ClH/c1-8(7-15)13(17)16-11-4-5-18-12-3-2-9(14)6-10(11)12;/h2-3,6,8,11H,4-5,7,15H2,1H3,(H,16,17);1H. The fraction of sp³-hybridized carbons (Fsp3) is 0.462. The van der Waals surface area contributed by atoms with Crippen molar-refractivity contribution < 1.29 is 4.79 Å². The first-order chi connectivity index (χ1) is 8.61. The van der Waals surface area contributed by atoms with Gasteiger partial charge in [-0.1, -0.05) is 18.5 Å². The average Bonchev–Trinajstić information content (AvgIpc) is 2.38. The summed E-state index contributed by atoms with van der Waals surface area (Å²) in [5.74, 6) is 0.874. The number of rotatable bonds is 3. The van der Waals surface area contributed by atoms with E-state index >= 15 is 0 Å². The van der Waals surface area contributed by atoms with Gasteiger partial charge in [0.1, 0.15) is 0 Å². The Labute approximate surface area is 129 Å². The molecule has 19 heavy (non-hydrogen) atoms. The maximum Gasteiger partial charge on any atom is 0.224 e. The Morgan fingerprint density at radius 2 is 2.37 bits per heavy atom. The number of carbonyl (C=O) groups is 1. The van der Waals surface area contributed by atoms with Gasteiger partial charge >= 0.3 is 0 Å². The van der Waals surface area contributed by atoms with Crippen LogP contribution >= 0.6 is 35.8 Å². The van der Waals surface area contributed by atoms with Crippen molar-refractivity contribution in [2.75, 3.05) is 12.3 Å². The Morgan fingerprint density at radius 1 is 1.63 bits per heavy atom. The smallest absolute Gasteiger partial charge is 0.224 e. The minimum Gasteiger partial charge on any atom is -0.349 e. The SMILES string of the molecule is CC(CN)C(=O)NC1CCSc2ccc(Cl)cc21.Cl. The molecule has 2 unspecified atom stereocenters. The topological polar surface area (TPSA) is 55.1 Å². The highest BCUT2D eigenvalue weighted by molar-refractivity contribution is 7.99. The number of hydrogen-bond acceptors (Lipinski definition) is 3. The monoisotopic (exact) mass is 320 g/mol. The predicted molar refractivity (Wildman–Crippen MR) is 83.1 cm³/mol. The van der Waals surface area contributed by atoms with Crippen LogP contribution in [0, 0.1) is 5.92 Å². The van der Waals surface area contributed by atoms with Crippen molar-refractivity contribution >= 4 is 41.7 Å². The summed E-state index contributed by atoms with van der Waals surface area (Å²) in [7, 11) is 0. The molecule has 0 saturated carbocycles. The molecule has 3 nitrogen and oxygen atoms in total. The number of fused-ring (bicyclic) bond motifs is 1. The second-order valence-corrected chi connectivity index (χ2v) is 6.09. The maximum atomic E-state index is 11.9. The van der Waals surface area contributed by atoms with Crippen molar-refractivity contribution in [2.45, 2.75) is 24.3 Å². The molecule has 0 spiro atoms. The van der Waals surface area contributed by atoms with E-state index in [1.165, 1.54) is 4.90 Å². The number of thioether (sulfide) groups is 1. The number of hydrogen-bond donors (Lipinski definition) is 2. The predicted octanol–water partition coefficient (Wildman–Crippen LogP) is 3.01. The summed E-state index contributed by atoms with van der Waals surface area (Å²) in [6.07, 6.45) is 0.932. The highest BCUT2D eigenvalue weighted by Crippen LogP contribution is 2.37. The zero-order chi connectivity index (χ0) is 13.1. The van der Waals surface area contributed by atoms with Crippen molar-refractivity contribution in [2.24, 2.45) is 11.7 Å². The lowest BCUT2D eigenvalue weighted by molar-refractivity contribution is -0.125. The summed E-state index contributed by atoms with van der Waals surface area (Å²) >= 11 is 7.83. The van der Waals surface area contributed by atoms with Crippen LogP contribution in [0.25, 0.3) is 0 Å². The van der Waals surface area contributed by atoms with Gasteiger partial charge < -0.3 is 11.1 Å². The second-order valence-electron chi connectivity index (χ2n) is 4.52. The number of nitrogens with one attached hydrogen (secondary N) is 1. The highest BCUT2D eigenvalue weighted by atomic mass is 35.5. The Morgan fingerprint density at radius 3 is 3.05 bits per heavy atom. The molecule has 0 fully saturated rings. The molecule has 1 aliphatic heterocycles. The number of nitrogens with two attached hydrogens (primary N) is 1. The van der Waals surface area contributed by atoms with E-state index in [1.807, 2.05) is 36.9 Å². The van der Waals surface area contributed by atoms with Crippen LogP contribution in [-0.4, -0.2) is 18.2 Å². The van der Waals surface area contributed by atoms with E-state index in [0.717, 1.165) is 17.7 Å². The van der Waals surface area contributed by atoms with Crippen LogP contribution in [0.15, 0.2) is 23.1 Å². The molecule has 0 bridgehead atoms. The lowest BCUT2D eigenvalue weighted by Gasteiger charge is -2.27. The molecule has 1 amide bonds. The molecular weight excluding hydrogens is 303 g/mol. The van der Waals surface area contributed by atoms with Gasteiger partial charge in [-0.15, -0.1) is 24.2 Å². The Bertz CT molecular complexity index is 456. The van der Waals surface area contributed by atoms with Gasteiger partial charge in [0.2, 0.25) is 5.91 Å². The third-order valence-electron chi connectivity index (χ3n) is 3.13. The third kappa shape index (κ3) is 4.02. The summed E-state index contributed by atoms with van der Waals surface area (Å²) in [4.78, 5) is 13.1. The van der Waals surface area contributed by atoms with Gasteiger partial charge in [-0.3, -0.25) is 4.79 Å². The summed E-state index contributed by atoms with van der Waals surface area (Å²) in [5.41, 5.74) is 6.63. The summed E-state index contributed by atoms with van der Waals surface area (Å²) in [5, 5.41) is 3.77. The molecule has 1 heterocycles. The quantitative estimate of drug-likeness (QED) is 0.900. The van der Waals surface area contributed by atoms with E-state index < -0.39 is 0 Å². The summed E-state index contributed by atoms with van der Waals surface area (Å²) in [6, 6.07) is 5.91. The lowest BCUT2D eigenvalue weighted by atomic mass is 10.0. The van der Waals surface area contributed by atoms with Gasteiger partial charge in [-0.25, -0.2) is 0 Å². The molecule has 1 aromatic carbocycles. The summed E-state index contributed by atoms with van der Waals surface area (Å²) in [6.45, 7) is 2.21. The Balaban J connectivity index is 0.00000180. The number of carbonyl (C=O) groups excluding carboxylic acids is 1. The first kappa shape index (κ1) is 16.6. The van der Waals surface area contributed by atoms with Crippen molar-refractivity contribution in [3.8, 4) is 0 Å². The molecule has 1 aliphatic rings. The van der Waals surface area contributed by atoms with Crippen LogP contribution in [0.5, 0.6) is 0 Å². The molecule has 2 rings (SSSR count). The number of amides is 1. The third-order valence-corrected chi connectivity index (χ3v) is 4.49. The lowest BCUT2D eigenvalue weighted by Crippen LogP contribution is -2.37. The number of halogens is 2. The molecule has 6 heteroatoms. The van der Waals surface area contributed by atoms with Gasteiger partial charge in [-0.2, -0.15) is 0 Å². The molecular formula is C13H18Cl2N2OS. The second kappa shape index (κ2) is 7.39. The normalized spacial score (nSPS) is 19.0. The molecule has 0 saturated heterocycles. The van der Waals surface area contributed by atoms with Crippen LogP contribution in [0.1, 0.15) is 24.9 Å². The Kier molecular flexibility index (Phi) is 6.47. The van der Waals surface area contributed by atoms with Gasteiger partial charge in [0.15, 0.2) is 0 Å². The van der Waals surface area contributed by atoms with Crippen LogP contribution in [-0.2, 0) is 4.79 Å². The Hall–Kier alpha value is -0.420. The van der Waals surface area contributed by atoms with Crippen molar-refractivity contribution in [3.05, 3.63) is 28.8 Å². The largest absolute Gasteiger partial charge is 0.349 e. The van der Waals surface area contributed by atoms with Crippen molar-refractivity contribution in [3.63, 3.8) is 0 Å². The van der Waals surface area contributed by atoms with Gasteiger partial charge in [0.25, 0.3) is 0 Å². The zero-order valence-electron chi connectivity index (χ0n) is 10.7. The van der Waals surface area contributed by atoms with Crippen molar-refractivity contribution in [1.82, 2.24) is 5.32 Å². The van der Waals surface area contributed by atoms with E-state index in [-0.39, 0.29) is 30.3 Å². The van der Waals surface area contributed by atoms with Crippen LogP contribution < -0.4 is 11.1 Å². The van der Waals surface area contributed by atoms with Crippen LogP contribution in [0.2, 0.25) is 5.02 Å². The minimum absolute atomic E-state index is 0. The molecule has 106 valence electrons. The van der Waals surface area contributed by atoms with E-state index in [1.54, 1.807) is 0 Å². The minimum atomic E-state index is -0.151. The van der Waals surface area contributed by atoms with Gasteiger partial charge in [-0.05, 0) is 30.2 Å². The molecule has 0 radical (unpaired) electrons. The first-order valence-corrected chi connectivity index (χ1v) is 7.41. The van der Waals surface area contributed by atoms with Gasteiger partial charge in [0.05, 0.1) is 6.04 Å². The van der Waals surface area contributed by atoms with Crippen LogP contribution in [0.3, 0.4) is 0 Å². The fourth-order valence-electron chi connectivity index (χ4n) is 1.94. The fourth-order valence-corrected chi connectivity index (χ4v) is 3.22. The van der Waals surface area contributed by atoms with E-state index in [9.17, 15) is 4.79 Å². The molecule has 1 aromatic rings. The number of benzene rings is 1. The van der Waals surface area contributed by atoms with E-state index in [0.29, 0.717) is 11.6 Å². The highest BCUT2D eigenvalue weighted by Gasteiger charge is 2.24. The average molecular weight is 321 g/mol.